The summed E-state index contributed by atoms with van der Waals surface area (Å²) in [6.07, 6.45) is 3.14. The second-order valence-electron chi connectivity index (χ2n) is 6.60. The van der Waals surface area contributed by atoms with Gasteiger partial charge in [0.05, 0.1) is 11.2 Å². The van der Waals surface area contributed by atoms with Gasteiger partial charge in [0.25, 0.3) is 0 Å². The topological polar surface area (TPSA) is 45.2 Å². The number of anilines is 1. The van der Waals surface area contributed by atoms with Crippen molar-refractivity contribution in [3.63, 3.8) is 0 Å². The van der Waals surface area contributed by atoms with Crippen LogP contribution in [0.2, 0.25) is 0 Å². The van der Waals surface area contributed by atoms with Gasteiger partial charge in [-0.15, -0.1) is 11.3 Å². The van der Waals surface area contributed by atoms with Crippen molar-refractivity contribution in [3.05, 3.63) is 33.5 Å². The van der Waals surface area contributed by atoms with Gasteiger partial charge in [-0.3, -0.25) is 0 Å². The Morgan fingerprint density at radius 3 is 2.78 bits per heavy atom. The predicted octanol–water partition coefficient (Wildman–Crippen LogP) is 2.82. The van der Waals surface area contributed by atoms with E-state index >= 15 is 0 Å². The maximum absolute atomic E-state index is 4.64. The number of thiazole rings is 1. The van der Waals surface area contributed by atoms with Gasteiger partial charge < -0.3 is 9.80 Å². The van der Waals surface area contributed by atoms with Crippen molar-refractivity contribution < 1.29 is 0 Å². The molecule has 0 radical (unpaired) electrons. The molecular weight excluding hydrogens is 306 g/mol. The van der Waals surface area contributed by atoms with Crippen LogP contribution in [0.3, 0.4) is 0 Å². The molecule has 0 amide bonds. The molecule has 0 aliphatic carbocycles. The van der Waals surface area contributed by atoms with E-state index in [9.17, 15) is 0 Å². The molecule has 1 fully saturated rings. The molecular formula is C17H25N5S. The van der Waals surface area contributed by atoms with Crippen LogP contribution in [0.5, 0.6) is 0 Å². The van der Waals surface area contributed by atoms with E-state index in [2.05, 4.69) is 52.6 Å². The van der Waals surface area contributed by atoms with Crippen LogP contribution in [-0.2, 0) is 6.54 Å². The Morgan fingerprint density at radius 1 is 1.26 bits per heavy atom. The first-order valence-electron chi connectivity index (χ1n) is 8.15. The summed E-state index contributed by atoms with van der Waals surface area (Å²) in [5, 5.41) is 0. The minimum absolute atomic E-state index is 0.679. The molecule has 0 saturated carbocycles. The van der Waals surface area contributed by atoms with Gasteiger partial charge in [0, 0.05) is 42.9 Å². The number of nitrogens with zero attached hydrogens (tertiary/aromatic N) is 5. The molecule has 2 aromatic rings. The summed E-state index contributed by atoms with van der Waals surface area (Å²) < 4.78 is 0. The SMILES string of the molecule is Cc1cnc(N2CCC(CN(C)Cc3scnc3C)C2)nc1C. The molecule has 0 N–H and O–H groups in total. The van der Waals surface area contributed by atoms with E-state index < -0.39 is 0 Å². The fourth-order valence-corrected chi connectivity index (χ4v) is 3.92. The van der Waals surface area contributed by atoms with Crippen molar-refractivity contribution in [1.29, 1.82) is 0 Å². The first kappa shape index (κ1) is 16.3. The Balaban J connectivity index is 1.55. The lowest BCUT2D eigenvalue weighted by atomic mass is 10.1. The van der Waals surface area contributed by atoms with E-state index in [1.165, 1.54) is 17.0 Å². The van der Waals surface area contributed by atoms with Gasteiger partial charge in [0.2, 0.25) is 5.95 Å². The third kappa shape index (κ3) is 3.87. The minimum Gasteiger partial charge on any atom is -0.340 e. The normalized spacial score (nSPS) is 18.1. The number of aryl methyl sites for hydroxylation is 3. The molecule has 3 rings (SSSR count). The number of hydrogen-bond donors (Lipinski definition) is 0. The minimum atomic E-state index is 0.679. The molecule has 6 heteroatoms. The van der Waals surface area contributed by atoms with Crippen LogP contribution in [0.15, 0.2) is 11.7 Å². The van der Waals surface area contributed by atoms with Gasteiger partial charge >= 0.3 is 0 Å². The highest BCUT2D eigenvalue weighted by Gasteiger charge is 2.25. The standard InChI is InChI=1S/C17H25N5S/c1-12-7-18-17(20-13(12)2)22-6-5-15(9-22)8-21(4)10-16-14(3)19-11-23-16/h7,11,15H,5-6,8-10H2,1-4H3. The summed E-state index contributed by atoms with van der Waals surface area (Å²) in [4.78, 5) is 19.6. The van der Waals surface area contributed by atoms with Crippen LogP contribution >= 0.6 is 11.3 Å². The van der Waals surface area contributed by atoms with E-state index in [1.54, 1.807) is 11.3 Å². The second kappa shape index (κ2) is 6.93. The average Bonchev–Trinajstić information content (AvgIpc) is 3.12. The van der Waals surface area contributed by atoms with E-state index in [0.717, 1.165) is 43.4 Å². The first-order valence-corrected chi connectivity index (χ1v) is 9.03. The highest BCUT2D eigenvalue weighted by Crippen LogP contribution is 2.23. The zero-order valence-electron chi connectivity index (χ0n) is 14.4. The molecule has 0 spiro atoms. The maximum Gasteiger partial charge on any atom is 0.225 e. The Labute approximate surface area is 142 Å². The summed E-state index contributed by atoms with van der Waals surface area (Å²) in [5.41, 5.74) is 5.34. The van der Waals surface area contributed by atoms with Crippen LogP contribution in [0, 0.1) is 26.7 Å². The predicted molar refractivity (Wildman–Crippen MR) is 95.0 cm³/mol. The highest BCUT2D eigenvalue weighted by atomic mass is 32.1. The summed E-state index contributed by atoms with van der Waals surface area (Å²) >= 11 is 1.75. The zero-order valence-corrected chi connectivity index (χ0v) is 15.2. The number of aromatic nitrogens is 3. The second-order valence-corrected chi connectivity index (χ2v) is 7.54. The van der Waals surface area contributed by atoms with Crippen LogP contribution in [0.4, 0.5) is 5.95 Å². The average molecular weight is 331 g/mol. The molecule has 2 aromatic heterocycles. The van der Waals surface area contributed by atoms with Crippen LogP contribution < -0.4 is 4.90 Å². The van der Waals surface area contributed by atoms with Crippen molar-refractivity contribution in [2.75, 3.05) is 31.6 Å². The number of rotatable bonds is 5. The van der Waals surface area contributed by atoms with E-state index in [0.29, 0.717) is 5.92 Å². The molecule has 1 atom stereocenters. The van der Waals surface area contributed by atoms with Gasteiger partial charge in [-0.25, -0.2) is 15.0 Å². The third-order valence-electron chi connectivity index (χ3n) is 4.61. The smallest absolute Gasteiger partial charge is 0.225 e. The first-order chi connectivity index (χ1) is 11.0. The molecule has 1 saturated heterocycles. The zero-order chi connectivity index (χ0) is 16.4. The fourth-order valence-electron chi connectivity index (χ4n) is 3.06. The van der Waals surface area contributed by atoms with Crippen molar-refractivity contribution >= 4 is 17.3 Å². The van der Waals surface area contributed by atoms with Crippen molar-refractivity contribution in [3.8, 4) is 0 Å². The Morgan fingerprint density at radius 2 is 2.09 bits per heavy atom. The molecule has 5 nitrogen and oxygen atoms in total. The molecule has 0 bridgehead atoms. The summed E-state index contributed by atoms with van der Waals surface area (Å²) in [5.74, 6) is 1.56. The van der Waals surface area contributed by atoms with Gasteiger partial charge in [-0.2, -0.15) is 0 Å². The molecule has 23 heavy (non-hydrogen) atoms. The molecule has 124 valence electrons. The summed E-state index contributed by atoms with van der Waals surface area (Å²) in [7, 11) is 2.20. The van der Waals surface area contributed by atoms with E-state index in [-0.39, 0.29) is 0 Å². The van der Waals surface area contributed by atoms with Crippen molar-refractivity contribution in [1.82, 2.24) is 19.9 Å². The maximum atomic E-state index is 4.64. The summed E-state index contributed by atoms with van der Waals surface area (Å²) in [6, 6.07) is 0. The van der Waals surface area contributed by atoms with Gasteiger partial charge in [0.15, 0.2) is 0 Å². The fraction of sp³-hybridized carbons (Fsp3) is 0.588. The van der Waals surface area contributed by atoms with E-state index in [1.807, 2.05) is 11.7 Å². The lowest BCUT2D eigenvalue weighted by Crippen LogP contribution is -2.28. The Hall–Kier alpha value is -1.53. The molecule has 1 aliphatic heterocycles. The molecule has 3 heterocycles. The van der Waals surface area contributed by atoms with Crippen LogP contribution in [-0.4, -0.2) is 46.5 Å². The lowest BCUT2D eigenvalue weighted by Gasteiger charge is -2.21. The molecule has 0 aromatic carbocycles. The van der Waals surface area contributed by atoms with Crippen LogP contribution in [0.25, 0.3) is 0 Å². The third-order valence-corrected chi connectivity index (χ3v) is 5.53. The molecule has 1 unspecified atom stereocenters. The lowest BCUT2D eigenvalue weighted by molar-refractivity contribution is 0.281. The van der Waals surface area contributed by atoms with Crippen LogP contribution in [0.1, 0.15) is 28.2 Å². The highest BCUT2D eigenvalue weighted by molar-refractivity contribution is 7.09. The van der Waals surface area contributed by atoms with Gasteiger partial charge in [0.1, 0.15) is 0 Å². The van der Waals surface area contributed by atoms with Gasteiger partial charge in [-0.1, -0.05) is 0 Å². The van der Waals surface area contributed by atoms with E-state index in [4.69, 9.17) is 0 Å². The largest absolute Gasteiger partial charge is 0.340 e. The monoisotopic (exact) mass is 331 g/mol. The van der Waals surface area contributed by atoms with Gasteiger partial charge in [-0.05, 0) is 45.7 Å². The summed E-state index contributed by atoms with van der Waals surface area (Å²) in [6.45, 7) is 10.4. The van der Waals surface area contributed by atoms with Crippen molar-refractivity contribution in [2.24, 2.45) is 5.92 Å². The molecule has 1 aliphatic rings. The number of hydrogen-bond acceptors (Lipinski definition) is 6. The Bertz CT molecular complexity index is 669. The van der Waals surface area contributed by atoms with Crippen molar-refractivity contribution in [2.45, 2.75) is 33.7 Å². The quantitative estimate of drug-likeness (QED) is 0.843. The Kier molecular flexibility index (Phi) is 4.92.